The highest BCUT2D eigenvalue weighted by molar-refractivity contribution is 8.27. The molecule has 278 valence electrons. The van der Waals surface area contributed by atoms with Crippen LogP contribution in [0.15, 0.2) is 87.5 Å². The van der Waals surface area contributed by atoms with Crippen molar-refractivity contribution in [2.24, 2.45) is 0 Å². The number of thioether (sulfide) groups is 3. The number of nitrogens with zero attached hydrogens (tertiary/aromatic N) is 4. The van der Waals surface area contributed by atoms with Crippen molar-refractivity contribution in [1.29, 1.82) is 0 Å². The average Bonchev–Trinajstić information content (AvgIpc) is 3.66. The molecule has 3 saturated heterocycles. The Hall–Kier alpha value is -5.18. The van der Waals surface area contributed by atoms with E-state index >= 15 is 0 Å². The first-order valence-corrected chi connectivity index (χ1v) is 19.4. The molecule has 0 spiro atoms. The van der Waals surface area contributed by atoms with Gasteiger partial charge in [0.25, 0.3) is 17.7 Å². The summed E-state index contributed by atoms with van der Waals surface area (Å²) in [5.74, 6) is -4.99. The molecule has 0 radical (unpaired) electrons. The van der Waals surface area contributed by atoms with Gasteiger partial charge in [-0.3, -0.25) is 43.5 Å². The van der Waals surface area contributed by atoms with Gasteiger partial charge in [0.05, 0.1) is 14.7 Å². The van der Waals surface area contributed by atoms with E-state index < -0.39 is 55.3 Å². The van der Waals surface area contributed by atoms with Crippen LogP contribution in [0.2, 0.25) is 0 Å². The Balaban J connectivity index is 1.30. The lowest BCUT2D eigenvalue weighted by Gasteiger charge is -2.26. The Kier molecular flexibility index (Phi) is 12.0. The third-order valence-corrected chi connectivity index (χ3v) is 12.0. The number of carboxylic acid groups (broad SMARTS) is 3. The van der Waals surface area contributed by atoms with Crippen LogP contribution in [-0.4, -0.2) is 98.2 Å². The lowest BCUT2D eigenvalue weighted by atomic mass is 10.1. The summed E-state index contributed by atoms with van der Waals surface area (Å²) in [6.07, 6.45) is 4.91. The van der Waals surface area contributed by atoms with Crippen LogP contribution in [-0.2, 0) is 28.8 Å². The maximum absolute atomic E-state index is 12.8. The highest BCUT2D eigenvalue weighted by atomic mass is 32.2. The van der Waals surface area contributed by atoms with Gasteiger partial charge in [-0.2, -0.15) is 0 Å². The van der Waals surface area contributed by atoms with E-state index in [0.717, 1.165) is 67.0 Å². The molecule has 6 rings (SSSR count). The zero-order chi connectivity index (χ0) is 39.6. The number of anilines is 3. The fraction of sp³-hybridized carbons (Fsp3) is 0.0833. The van der Waals surface area contributed by atoms with E-state index in [-0.39, 0.29) is 13.0 Å². The molecule has 0 aliphatic carbocycles. The molecule has 55 heavy (non-hydrogen) atoms. The lowest BCUT2D eigenvalue weighted by Crippen LogP contribution is -2.33. The first kappa shape index (κ1) is 39.5. The second-order valence-electron chi connectivity index (χ2n) is 11.6. The highest BCUT2D eigenvalue weighted by Crippen LogP contribution is 2.38. The minimum absolute atomic E-state index is 0.159. The molecule has 3 aromatic rings. The Bertz CT molecular complexity index is 2040. The molecule has 19 heteroatoms. The molecule has 3 aliphatic rings. The molecule has 0 bridgehead atoms. The maximum Gasteiger partial charge on any atom is 0.323 e. The van der Waals surface area contributed by atoms with Crippen LogP contribution in [0.4, 0.5) is 17.1 Å². The van der Waals surface area contributed by atoms with E-state index in [1.54, 1.807) is 54.6 Å². The molecular formula is C36H24N4O9S6. The molecule has 0 aromatic heterocycles. The van der Waals surface area contributed by atoms with Crippen LogP contribution >= 0.6 is 71.9 Å². The van der Waals surface area contributed by atoms with Gasteiger partial charge in [0.2, 0.25) is 0 Å². The lowest BCUT2D eigenvalue weighted by molar-refractivity contribution is -0.140. The maximum atomic E-state index is 12.8. The Morgan fingerprint density at radius 2 is 0.727 bits per heavy atom. The number of thiocarbonyl (C=S) groups is 3. The molecule has 0 unspecified atom stereocenters. The van der Waals surface area contributed by atoms with Crippen molar-refractivity contribution in [3.8, 4) is 0 Å². The van der Waals surface area contributed by atoms with Crippen molar-refractivity contribution in [2.45, 2.75) is 0 Å². The number of aliphatic carboxylic acids is 3. The van der Waals surface area contributed by atoms with Gasteiger partial charge >= 0.3 is 17.9 Å². The van der Waals surface area contributed by atoms with Gasteiger partial charge in [-0.25, -0.2) is 0 Å². The van der Waals surface area contributed by atoms with Crippen LogP contribution in [0.1, 0.15) is 16.7 Å². The van der Waals surface area contributed by atoms with Crippen molar-refractivity contribution < 1.29 is 44.1 Å². The van der Waals surface area contributed by atoms with Crippen molar-refractivity contribution in [3.63, 3.8) is 0 Å². The van der Waals surface area contributed by atoms with E-state index in [1.807, 2.05) is 41.3 Å². The molecule has 0 saturated carbocycles. The zero-order valence-electron chi connectivity index (χ0n) is 27.8. The molecule has 3 N–H and O–H groups in total. The fourth-order valence-electron chi connectivity index (χ4n) is 5.37. The van der Waals surface area contributed by atoms with Crippen LogP contribution in [0.5, 0.6) is 0 Å². The van der Waals surface area contributed by atoms with E-state index in [2.05, 4.69) is 0 Å². The third-order valence-electron chi connectivity index (χ3n) is 7.85. The summed E-state index contributed by atoms with van der Waals surface area (Å²) in [5, 5.41) is 27.5. The molecule has 3 aromatic carbocycles. The number of carboxylic acids is 3. The summed E-state index contributed by atoms with van der Waals surface area (Å²) in [6, 6.07) is 21.8. The zero-order valence-corrected chi connectivity index (χ0v) is 32.7. The molecule has 3 heterocycles. The number of hydrogen-bond donors (Lipinski definition) is 3. The van der Waals surface area contributed by atoms with Gasteiger partial charge in [-0.15, -0.1) is 0 Å². The first-order chi connectivity index (χ1) is 26.2. The summed E-state index contributed by atoms with van der Waals surface area (Å²) in [7, 11) is 0. The average molecular weight is 849 g/mol. The van der Waals surface area contributed by atoms with Crippen LogP contribution < -0.4 is 4.90 Å². The summed E-state index contributed by atoms with van der Waals surface area (Å²) in [4.78, 5) is 78.0. The van der Waals surface area contributed by atoms with Gasteiger partial charge < -0.3 is 20.2 Å². The predicted molar refractivity (Wildman–Crippen MR) is 224 cm³/mol. The largest absolute Gasteiger partial charge is 0.480 e. The number of benzene rings is 3. The van der Waals surface area contributed by atoms with Gasteiger partial charge in [-0.05, 0) is 71.3 Å². The van der Waals surface area contributed by atoms with Gasteiger partial charge in [0.15, 0.2) is 0 Å². The fourth-order valence-corrected chi connectivity index (χ4v) is 9.14. The Morgan fingerprint density at radius 3 is 0.945 bits per heavy atom. The Morgan fingerprint density at radius 1 is 0.491 bits per heavy atom. The summed E-state index contributed by atoms with van der Waals surface area (Å²) < 4.78 is 0.478. The minimum atomic E-state index is -1.17. The standard InChI is InChI=1S/C36H24N4O9S6/c41-28(42)16-37-31(47)25(53-34(37)50)13-19-1-7-22(8-2-19)40(23-9-3-20(4-10-23)14-26-32(48)38(17-29(43)44)35(51)54-26)24-11-5-21(6-12-24)15-27-33(49)39(18-30(45)46)36(52)55-27/h1-15H,16-18H2,(H,41,42)(H,43,44)(H,45,46)/b25-13-,26-14+,27-15+. The minimum Gasteiger partial charge on any atom is -0.480 e. The number of rotatable bonds is 12. The van der Waals surface area contributed by atoms with E-state index in [9.17, 15) is 28.8 Å². The van der Waals surface area contributed by atoms with Crippen LogP contribution in [0, 0.1) is 0 Å². The molecular weight excluding hydrogens is 825 g/mol. The number of carbonyl (C=O) groups excluding carboxylic acids is 3. The topological polar surface area (TPSA) is 176 Å². The smallest absolute Gasteiger partial charge is 0.323 e. The summed E-state index contributed by atoms with van der Waals surface area (Å²) >= 11 is 18.7. The van der Waals surface area contributed by atoms with Crippen molar-refractivity contribution in [1.82, 2.24) is 14.7 Å². The second kappa shape index (κ2) is 16.7. The molecule has 13 nitrogen and oxygen atoms in total. The number of hydrogen-bond acceptors (Lipinski definition) is 13. The van der Waals surface area contributed by atoms with Crippen LogP contribution in [0.3, 0.4) is 0 Å². The molecule has 3 amide bonds. The van der Waals surface area contributed by atoms with E-state index in [0.29, 0.717) is 31.4 Å². The SMILES string of the molecule is O=C(O)CN1C(=O)/C(=C/c2ccc(N(c3ccc(/C=C4/SC(=S)N(CC(=O)O)C4=O)cc3)c3ccc(/C=C4/SC(=S)N(CC(=O)O)C4=O)cc3)cc2)SC1=S. The normalized spacial score (nSPS) is 18.1. The number of amides is 3. The monoisotopic (exact) mass is 848 g/mol. The van der Waals surface area contributed by atoms with E-state index in [1.165, 1.54) is 0 Å². The molecule has 0 atom stereocenters. The van der Waals surface area contributed by atoms with Crippen LogP contribution in [0.25, 0.3) is 18.2 Å². The third kappa shape index (κ3) is 9.04. The molecule has 3 aliphatic heterocycles. The quantitative estimate of drug-likeness (QED) is 0.143. The van der Waals surface area contributed by atoms with Gasteiger partial charge in [0.1, 0.15) is 32.6 Å². The predicted octanol–water partition coefficient (Wildman–Crippen LogP) is 6.01. The van der Waals surface area contributed by atoms with Gasteiger partial charge in [0, 0.05) is 17.1 Å². The second-order valence-corrected chi connectivity index (χ2v) is 16.6. The highest BCUT2D eigenvalue weighted by Gasteiger charge is 2.35. The first-order valence-electron chi connectivity index (χ1n) is 15.7. The number of carbonyl (C=O) groups is 6. The van der Waals surface area contributed by atoms with Crippen molar-refractivity contribution in [2.75, 3.05) is 24.5 Å². The summed E-state index contributed by atoms with van der Waals surface area (Å²) in [5.41, 5.74) is 4.18. The Labute approximate surface area is 341 Å². The molecule has 3 fully saturated rings. The van der Waals surface area contributed by atoms with E-state index in [4.69, 9.17) is 52.0 Å². The summed E-state index contributed by atoms with van der Waals surface area (Å²) in [6.45, 7) is -1.59. The van der Waals surface area contributed by atoms with Crippen molar-refractivity contribution in [3.05, 3.63) is 104 Å². The van der Waals surface area contributed by atoms with Gasteiger partial charge in [-0.1, -0.05) is 108 Å². The van der Waals surface area contributed by atoms with Crippen molar-refractivity contribution >= 4 is 156 Å².